The number of benzene rings is 1. The van der Waals surface area contributed by atoms with Crippen molar-refractivity contribution in [2.24, 2.45) is 0 Å². The van der Waals surface area contributed by atoms with Crippen LogP contribution >= 0.6 is 0 Å². The molecule has 0 bridgehead atoms. The van der Waals surface area contributed by atoms with Gasteiger partial charge in [-0.25, -0.2) is 4.98 Å². The van der Waals surface area contributed by atoms with Crippen LogP contribution in [-0.4, -0.2) is 29.3 Å². The van der Waals surface area contributed by atoms with Gasteiger partial charge in [-0.1, -0.05) is 19.1 Å². The minimum atomic E-state index is -0.371. The molecule has 0 saturated heterocycles. The maximum Gasteiger partial charge on any atom is 0.134 e. The zero-order chi connectivity index (χ0) is 13.9. The Hall–Kier alpha value is -1.81. The number of rotatable bonds is 5. The number of nitrogens with one attached hydrogen (secondary N) is 1. The van der Waals surface area contributed by atoms with Gasteiger partial charge in [-0.15, -0.1) is 0 Å². The number of ether oxygens (including phenoxy) is 1. The highest BCUT2D eigenvalue weighted by atomic mass is 16.5. The van der Waals surface area contributed by atoms with Gasteiger partial charge < -0.3 is 15.2 Å². The van der Waals surface area contributed by atoms with Crippen LogP contribution in [0.25, 0.3) is 10.8 Å². The summed E-state index contributed by atoms with van der Waals surface area (Å²) < 4.78 is 5.36. The summed E-state index contributed by atoms with van der Waals surface area (Å²) in [5.74, 6) is 1.60. The molecule has 0 radical (unpaired) electrons. The summed E-state index contributed by atoms with van der Waals surface area (Å²) in [6.07, 6.45) is 2.56. The van der Waals surface area contributed by atoms with Crippen LogP contribution in [-0.2, 0) is 0 Å². The molecule has 1 aromatic heterocycles. The Morgan fingerprint density at radius 2 is 2.11 bits per heavy atom. The van der Waals surface area contributed by atoms with Crippen LogP contribution in [0.3, 0.4) is 0 Å². The highest BCUT2D eigenvalue weighted by Gasteiger charge is 2.22. The first-order valence-corrected chi connectivity index (χ1v) is 6.44. The molecule has 0 fully saturated rings. The number of aromatic nitrogens is 1. The van der Waals surface area contributed by atoms with E-state index in [0.29, 0.717) is 0 Å². The summed E-state index contributed by atoms with van der Waals surface area (Å²) in [4.78, 5) is 4.39. The number of nitrogens with zero attached hydrogens (tertiary/aromatic N) is 1. The molecule has 2 aromatic rings. The van der Waals surface area contributed by atoms with E-state index in [1.165, 1.54) is 0 Å². The molecule has 0 amide bonds. The third kappa shape index (κ3) is 2.63. The van der Waals surface area contributed by atoms with E-state index in [-0.39, 0.29) is 12.1 Å². The molecule has 2 N–H and O–H groups in total. The molecule has 102 valence electrons. The molecule has 0 spiro atoms. The second-order valence-electron chi connectivity index (χ2n) is 4.91. The lowest BCUT2D eigenvalue weighted by atomic mass is 10.00. The van der Waals surface area contributed by atoms with Crippen molar-refractivity contribution in [1.29, 1.82) is 0 Å². The summed E-state index contributed by atoms with van der Waals surface area (Å²) in [5, 5.41) is 14.8. The zero-order valence-electron chi connectivity index (χ0n) is 11.6. The largest absolute Gasteiger partial charge is 0.496 e. The first-order chi connectivity index (χ1) is 9.13. The van der Waals surface area contributed by atoms with Crippen LogP contribution in [0.4, 0.5) is 5.82 Å². The molecule has 0 aliphatic rings. The van der Waals surface area contributed by atoms with Crippen LogP contribution in [0.1, 0.15) is 20.3 Å². The van der Waals surface area contributed by atoms with E-state index in [1.807, 2.05) is 38.1 Å². The van der Waals surface area contributed by atoms with Crippen LogP contribution in [0.5, 0.6) is 5.75 Å². The third-order valence-corrected chi connectivity index (χ3v) is 3.54. The minimum Gasteiger partial charge on any atom is -0.496 e. The Balaban J connectivity index is 2.50. The second-order valence-corrected chi connectivity index (χ2v) is 4.91. The summed E-state index contributed by atoms with van der Waals surface area (Å²) in [6.45, 7) is 4.08. The van der Waals surface area contributed by atoms with Crippen LogP contribution in [0, 0.1) is 0 Å². The maximum absolute atomic E-state index is 9.50. The number of pyridine rings is 1. The number of hydrogen-bond acceptors (Lipinski definition) is 4. The van der Waals surface area contributed by atoms with Gasteiger partial charge in [0.2, 0.25) is 0 Å². The molecule has 0 aliphatic heterocycles. The van der Waals surface area contributed by atoms with Crippen LogP contribution in [0.15, 0.2) is 30.5 Å². The molecular weight excluding hydrogens is 240 g/mol. The van der Waals surface area contributed by atoms with Gasteiger partial charge in [0.1, 0.15) is 11.6 Å². The number of aliphatic hydroxyl groups excluding tert-OH is 1. The standard InChI is InChI=1S/C15H20N2O2/c1-4-15(2,10-18)17-14-12-6-5-7-13(19-3)11(12)8-9-16-14/h5-9,18H,4,10H2,1-3H3,(H,16,17). The summed E-state index contributed by atoms with van der Waals surface area (Å²) in [5.41, 5.74) is -0.371. The minimum absolute atomic E-state index is 0.0610. The van der Waals surface area contributed by atoms with Crippen molar-refractivity contribution in [3.05, 3.63) is 30.5 Å². The van der Waals surface area contributed by atoms with Crippen molar-refractivity contribution in [2.75, 3.05) is 19.0 Å². The van der Waals surface area contributed by atoms with Crippen molar-refractivity contribution >= 4 is 16.6 Å². The van der Waals surface area contributed by atoms with E-state index < -0.39 is 0 Å². The Labute approximate surface area is 113 Å². The molecule has 19 heavy (non-hydrogen) atoms. The predicted molar refractivity (Wildman–Crippen MR) is 77.7 cm³/mol. The van der Waals surface area contributed by atoms with Crippen molar-refractivity contribution in [1.82, 2.24) is 4.98 Å². The van der Waals surface area contributed by atoms with E-state index in [1.54, 1.807) is 13.3 Å². The molecule has 1 aromatic carbocycles. The lowest BCUT2D eigenvalue weighted by Crippen LogP contribution is -2.38. The fourth-order valence-electron chi connectivity index (χ4n) is 1.98. The lowest BCUT2D eigenvalue weighted by Gasteiger charge is -2.28. The second kappa shape index (κ2) is 5.45. The number of fused-ring (bicyclic) bond motifs is 1. The molecule has 1 atom stereocenters. The van der Waals surface area contributed by atoms with Gasteiger partial charge in [-0.3, -0.25) is 0 Å². The smallest absolute Gasteiger partial charge is 0.134 e. The summed E-state index contributed by atoms with van der Waals surface area (Å²) >= 11 is 0. The Morgan fingerprint density at radius 1 is 1.32 bits per heavy atom. The number of aliphatic hydroxyl groups is 1. The lowest BCUT2D eigenvalue weighted by molar-refractivity contribution is 0.218. The maximum atomic E-state index is 9.50. The highest BCUT2D eigenvalue weighted by molar-refractivity contribution is 5.96. The van der Waals surface area contributed by atoms with Crippen molar-refractivity contribution < 1.29 is 9.84 Å². The fourth-order valence-corrected chi connectivity index (χ4v) is 1.98. The summed E-state index contributed by atoms with van der Waals surface area (Å²) in [6, 6.07) is 7.80. The molecule has 4 heteroatoms. The van der Waals surface area contributed by atoms with Gasteiger partial charge in [-0.05, 0) is 25.5 Å². The van der Waals surface area contributed by atoms with Crippen molar-refractivity contribution in [3.63, 3.8) is 0 Å². The number of anilines is 1. The molecule has 0 saturated carbocycles. The highest BCUT2D eigenvalue weighted by Crippen LogP contribution is 2.30. The normalized spacial score (nSPS) is 14.1. The van der Waals surface area contributed by atoms with E-state index >= 15 is 0 Å². The Kier molecular flexibility index (Phi) is 3.90. The van der Waals surface area contributed by atoms with E-state index in [2.05, 4.69) is 10.3 Å². The predicted octanol–water partition coefficient (Wildman–Crippen LogP) is 2.82. The SMILES string of the molecule is CCC(C)(CO)Nc1nccc2c(OC)cccc12. The monoisotopic (exact) mass is 260 g/mol. The zero-order valence-corrected chi connectivity index (χ0v) is 11.6. The quantitative estimate of drug-likeness (QED) is 0.868. The summed E-state index contributed by atoms with van der Waals surface area (Å²) in [7, 11) is 1.66. The Bertz CT molecular complexity index is 565. The van der Waals surface area contributed by atoms with E-state index in [9.17, 15) is 5.11 Å². The van der Waals surface area contributed by atoms with Gasteiger partial charge in [-0.2, -0.15) is 0 Å². The first kappa shape index (κ1) is 13.6. The molecule has 1 heterocycles. The van der Waals surface area contributed by atoms with Gasteiger partial charge in [0.25, 0.3) is 0 Å². The number of hydrogen-bond donors (Lipinski definition) is 2. The van der Waals surface area contributed by atoms with Gasteiger partial charge in [0.15, 0.2) is 0 Å². The number of methoxy groups -OCH3 is 1. The van der Waals surface area contributed by atoms with Gasteiger partial charge in [0.05, 0.1) is 19.3 Å². The Morgan fingerprint density at radius 3 is 2.74 bits per heavy atom. The molecular formula is C15H20N2O2. The molecule has 1 unspecified atom stereocenters. The third-order valence-electron chi connectivity index (χ3n) is 3.54. The van der Waals surface area contributed by atoms with E-state index in [4.69, 9.17) is 4.74 Å². The molecule has 0 aliphatic carbocycles. The van der Waals surface area contributed by atoms with Gasteiger partial charge >= 0.3 is 0 Å². The van der Waals surface area contributed by atoms with E-state index in [0.717, 1.165) is 28.8 Å². The van der Waals surface area contributed by atoms with Crippen molar-refractivity contribution in [2.45, 2.75) is 25.8 Å². The average Bonchev–Trinajstić information content (AvgIpc) is 2.47. The topological polar surface area (TPSA) is 54.4 Å². The van der Waals surface area contributed by atoms with Crippen LogP contribution < -0.4 is 10.1 Å². The average molecular weight is 260 g/mol. The van der Waals surface area contributed by atoms with Gasteiger partial charge in [0, 0.05) is 17.0 Å². The fraction of sp³-hybridized carbons (Fsp3) is 0.400. The van der Waals surface area contributed by atoms with Crippen molar-refractivity contribution in [3.8, 4) is 5.75 Å². The van der Waals surface area contributed by atoms with Crippen LogP contribution in [0.2, 0.25) is 0 Å². The first-order valence-electron chi connectivity index (χ1n) is 6.44. The molecule has 4 nitrogen and oxygen atoms in total. The molecule has 2 rings (SSSR count).